The van der Waals surface area contributed by atoms with E-state index in [2.05, 4.69) is 21.2 Å². The van der Waals surface area contributed by atoms with E-state index < -0.39 is 5.82 Å². The minimum atomic E-state index is -0.417. The molecule has 1 unspecified atom stereocenters. The zero-order valence-corrected chi connectivity index (χ0v) is 15.5. The Morgan fingerprint density at radius 2 is 1.88 bits per heavy atom. The third-order valence-corrected chi connectivity index (χ3v) is 5.00. The van der Waals surface area contributed by atoms with Crippen molar-refractivity contribution in [1.82, 2.24) is 9.80 Å². The fraction of sp³-hybridized carbons (Fsp3) is 0.350. The number of hydrogen-bond acceptors (Lipinski definition) is 3. The molecule has 1 fully saturated rings. The Morgan fingerprint density at radius 1 is 1.15 bits per heavy atom. The van der Waals surface area contributed by atoms with Gasteiger partial charge in [0.15, 0.2) is 0 Å². The second-order valence-electron chi connectivity index (χ2n) is 6.59. The number of carbonyl (C=O) groups is 1. The number of rotatable bonds is 5. The smallest absolute Gasteiger partial charge is 0.241 e. The van der Waals surface area contributed by atoms with Gasteiger partial charge in [-0.25, -0.2) is 4.39 Å². The van der Waals surface area contributed by atoms with E-state index in [1.807, 2.05) is 25.1 Å². The molecule has 0 aromatic heterocycles. The molecular formula is C20H23ClFN3O. The Morgan fingerprint density at radius 3 is 2.58 bits per heavy atom. The Hall–Kier alpha value is -1.95. The highest BCUT2D eigenvalue weighted by Crippen LogP contribution is 2.16. The third kappa shape index (κ3) is 4.81. The van der Waals surface area contributed by atoms with Crippen LogP contribution in [0.3, 0.4) is 0 Å². The van der Waals surface area contributed by atoms with Gasteiger partial charge in [-0.05, 0) is 36.8 Å². The van der Waals surface area contributed by atoms with Gasteiger partial charge in [0.25, 0.3) is 0 Å². The maximum atomic E-state index is 13.7. The molecule has 1 N–H and O–H groups in total. The summed E-state index contributed by atoms with van der Waals surface area (Å²) in [6.07, 6.45) is 0. The number of piperazine rings is 1. The van der Waals surface area contributed by atoms with Gasteiger partial charge in [-0.2, -0.15) is 0 Å². The van der Waals surface area contributed by atoms with E-state index >= 15 is 0 Å². The lowest BCUT2D eigenvalue weighted by molar-refractivity contribution is -0.121. The molecule has 0 aliphatic carbocycles. The lowest BCUT2D eigenvalue weighted by Gasteiger charge is -2.37. The molecule has 26 heavy (non-hydrogen) atoms. The summed E-state index contributed by atoms with van der Waals surface area (Å²) in [6, 6.07) is 13.8. The maximum absolute atomic E-state index is 13.7. The van der Waals surface area contributed by atoms with E-state index in [0.29, 0.717) is 0 Å². The van der Waals surface area contributed by atoms with E-state index in [-0.39, 0.29) is 17.6 Å². The molecule has 2 aromatic carbocycles. The molecule has 138 valence electrons. The highest BCUT2D eigenvalue weighted by molar-refractivity contribution is 6.30. The van der Waals surface area contributed by atoms with Crippen LogP contribution < -0.4 is 5.32 Å². The van der Waals surface area contributed by atoms with Crippen molar-refractivity contribution in [3.63, 3.8) is 0 Å². The van der Waals surface area contributed by atoms with Gasteiger partial charge in [-0.15, -0.1) is 0 Å². The fourth-order valence-electron chi connectivity index (χ4n) is 3.17. The van der Waals surface area contributed by atoms with E-state index in [1.54, 1.807) is 18.2 Å². The number of halogens is 2. The number of nitrogens with zero attached hydrogens (tertiary/aromatic N) is 2. The quantitative estimate of drug-likeness (QED) is 0.866. The standard InChI is InChI=1S/C20H23ClFN3O/c1-15(20(26)23-19-8-3-2-7-18(19)22)25-11-9-24(10-12-25)14-16-5-4-6-17(21)13-16/h2-8,13,15H,9-12,14H2,1H3,(H,23,26). The van der Waals surface area contributed by atoms with Crippen LogP contribution in [0.1, 0.15) is 12.5 Å². The van der Waals surface area contributed by atoms with Crippen LogP contribution in [-0.2, 0) is 11.3 Å². The van der Waals surface area contributed by atoms with Crippen molar-refractivity contribution in [3.8, 4) is 0 Å². The van der Waals surface area contributed by atoms with Gasteiger partial charge in [0.05, 0.1) is 11.7 Å². The van der Waals surface area contributed by atoms with Gasteiger partial charge in [0.2, 0.25) is 5.91 Å². The first-order valence-electron chi connectivity index (χ1n) is 8.79. The molecule has 2 aromatic rings. The topological polar surface area (TPSA) is 35.6 Å². The summed E-state index contributed by atoms with van der Waals surface area (Å²) >= 11 is 6.04. The third-order valence-electron chi connectivity index (χ3n) is 4.76. The molecule has 1 aliphatic rings. The summed E-state index contributed by atoms with van der Waals surface area (Å²) in [4.78, 5) is 16.9. The molecular weight excluding hydrogens is 353 g/mol. The zero-order valence-electron chi connectivity index (χ0n) is 14.8. The first-order chi connectivity index (χ1) is 12.5. The van der Waals surface area contributed by atoms with E-state index in [9.17, 15) is 9.18 Å². The van der Waals surface area contributed by atoms with Crippen molar-refractivity contribution in [2.75, 3.05) is 31.5 Å². The van der Waals surface area contributed by atoms with E-state index in [0.717, 1.165) is 37.7 Å². The Bertz CT molecular complexity index is 762. The second-order valence-corrected chi connectivity index (χ2v) is 7.02. The normalized spacial score (nSPS) is 17.0. The van der Waals surface area contributed by atoms with Gasteiger partial charge in [0, 0.05) is 37.7 Å². The number of para-hydroxylation sites is 1. The highest BCUT2D eigenvalue weighted by Gasteiger charge is 2.26. The predicted octanol–water partition coefficient (Wildman–Crippen LogP) is 3.62. The highest BCUT2D eigenvalue weighted by atomic mass is 35.5. The number of anilines is 1. The molecule has 6 heteroatoms. The summed E-state index contributed by atoms with van der Waals surface area (Å²) in [5.41, 5.74) is 1.42. The first-order valence-corrected chi connectivity index (χ1v) is 9.17. The SMILES string of the molecule is CC(C(=O)Nc1ccccc1F)N1CCN(Cc2cccc(Cl)c2)CC1. The number of hydrogen-bond donors (Lipinski definition) is 1. The molecule has 0 spiro atoms. The van der Waals surface area contributed by atoms with Gasteiger partial charge < -0.3 is 5.32 Å². The average molecular weight is 376 g/mol. The van der Waals surface area contributed by atoms with Crippen molar-refractivity contribution < 1.29 is 9.18 Å². The van der Waals surface area contributed by atoms with Crippen LogP contribution in [0, 0.1) is 5.82 Å². The molecule has 1 amide bonds. The van der Waals surface area contributed by atoms with Crippen molar-refractivity contribution in [3.05, 3.63) is 64.9 Å². The molecule has 0 radical (unpaired) electrons. The number of amides is 1. The molecule has 1 heterocycles. The largest absolute Gasteiger partial charge is 0.322 e. The molecule has 1 saturated heterocycles. The van der Waals surface area contributed by atoms with Gasteiger partial charge in [0.1, 0.15) is 5.82 Å². The summed E-state index contributed by atoms with van der Waals surface area (Å²) in [5.74, 6) is -0.599. The van der Waals surface area contributed by atoms with Crippen LogP contribution in [-0.4, -0.2) is 47.9 Å². The summed E-state index contributed by atoms with van der Waals surface area (Å²) < 4.78 is 13.7. The molecule has 4 nitrogen and oxygen atoms in total. The van der Waals surface area contributed by atoms with Crippen molar-refractivity contribution in [2.45, 2.75) is 19.5 Å². The minimum Gasteiger partial charge on any atom is -0.322 e. The van der Waals surface area contributed by atoms with Crippen LogP contribution in [0.4, 0.5) is 10.1 Å². The molecule has 1 aliphatic heterocycles. The number of carbonyl (C=O) groups excluding carboxylic acids is 1. The number of benzene rings is 2. The Labute approximate surface area is 158 Å². The van der Waals surface area contributed by atoms with E-state index in [4.69, 9.17) is 11.6 Å². The van der Waals surface area contributed by atoms with Crippen molar-refractivity contribution >= 4 is 23.2 Å². The Kier molecular flexibility index (Phi) is 6.25. The minimum absolute atomic E-state index is 0.182. The van der Waals surface area contributed by atoms with Gasteiger partial charge >= 0.3 is 0 Å². The van der Waals surface area contributed by atoms with Crippen LogP contribution in [0.15, 0.2) is 48.5 Å². The van der Waals surface area contributed by atoms with Crippen LogP contribution in [0.25, 0.3) is 0 Å². The lowest BCUT2D eigenvalue weighted by atomic mass is 10.1. The Balaban J connectivity index is 1.51. The first kappa shape index (κ1) is 18.8. The van der Waals surface area contributed by atoms with Crippen LogP contribution in [0.2, 0.25) is 5.02 Å². The van der Waals surface area contributed by atoms with Crippen molar-refractivity contribution in [1.29, 1.82) is 0 Å². The van der Waals surface area contributed by atoms with Crippen molar-refractivity contribution in [2.24, 2.45) is 0 Å². The molecule has 1 atom stereocenters. The lowest BCUT2D eigenvalue weighted by Crippen LogP contribution is -2.52. The van der Waals surface area contributed by atoms with E-state index in [1.165, 1.54) is 11.6 Å². The second kappa shape index (κ2) is 8.62. The van der Waals surface area contributed by atoms with Crippen LogP contribution >= 0.6 is 11.6 Å². The monoisotopic (exact) mass is 375 g/mol. The summed E-state index contributed by atoms with van der Waals surface area (Å²) in [7, 11) is 0. The number of nitrogens with one attached hydrogen (secondary N) is 1. The molecule has 0 bridgehead atoms. The summed E-state index contributed by atoms with van der Waals surface area (Å²) in [5, 5.41) is 3.43. The maximum Gasteiger partial charge on any atom is 0.241 e. The average Bonchev–Trinajstić information content (AvgIpc) is 2.64. The van der Waals surface area contributed by atoms with Gasteiger partial charge in [-0.1, -0.05) is 35.9 Å². The zero-order chi connectivity index (χ0) is 18.5. The molecule has 3 rings (SSSR count). The molecule has 0 saturated carbocycles. The fourth-order valence-corrected chi connectivity index (χ4v) is 3.38. The predicted molar refractivity (Wildman–Crippen MR) is 103 cm³/mol. The van der Waals surface area contributed by atoms with Gasteiger partial charge in [-0.3, -0.25) is 14.6 Å². The van der Waals surface area contributed by atoms with Crippen LogP contribution in [0.5, 0.6) is 0 Å². The summed E-state index contributed by atoms with van der Waals surface area (Å²) in [6.45, 7) is 6.07.